The van der Waals surface area contributed by atoms with Crippen LogP contribution >= 0.6 is 12.2 Å². The van der Waals surface area contributed by atoms with Crippen LogP contribution in [0, 0.1) is 5.82 Å². The fourth-order valence-electron chi connectivity index (χ4n) is 4.40. The number of benzene rings is 2. The Balaban J connectivity index is 1.71. The maximum atomic E-state index is 14.1. The lowest BCUT2D eigenvalue weighted by Crippen LogP contribution is -2.30. The molecule has 1 N–H and O–H groups in total. The summed E-state index contributed by atoms with van der Waals surface area (Å²) in [5.41, 5.74) is 3.23. The van der Waals surface area contributed by atoms with Crippen molar-refractivity contribution in [3.05, 3.63) is 102 Å². The molecular weight excluding hydrogens is 451 g/mol. The van der Waals surface area contributed by atoms with E-state index in [0.717, 1.165) is 22.8 Å². The smallest absolute Gasteiger partial charge is 0.174 e. The Bertz CT molecular complexity index is 1330. The summed E-state index contributed by atoms with van der Waals surface area (Å²) in [6.45, 7) is 0. The second kappa shape index (κ2) is 9.15. The quantitative estimate of drug-likeness (QED) is 0.388. The van der Waals surface area contributed by atoms with E-state index in [1.165, 1.54) is 12.1 Å². The zero-order valence-electron chi connectivity index (χ0n) is 18.7. The molecule has 0 amide bonds. The molecule has 0 saturated carbocycles. The summed E-state index contributed by atoms with van der Waals surface area (Å²) in [7, 11) is 3.24. The zero-order chi connectivity index (χ0) is 23.7. The first-order chi connectivity index (χ1) is 16.6. The molecule has 172 valence electrons. The van der Waals surface area contributed by atoms with Crippen molar-refractivity contribution >= 4 is 23.0 Å². The van der Waals surface area contributed by atoms with Crippen molar-refractivity contribution in [3.8, 4) is 17.2 Å². The van der Waals surface area contributed by atoms with E-state index in [9.17, 15) is 4.39 Å². The zero-order valence-corrected chi connectivity index (χ0v) is 19.5. The van der Waals surface area contributed by atoms with Gasteiger partial charge in [-0.2, -0.15) is 0 Å². The molecule has 1 saturated heterocycles. The van der Waals surface area contributed by atoms with Crippen molar-refractivity contribution < 1.29 is 13.9 Å². The van der Waals surface area contributed by atoms with E-state index < -0.39 is 0 Å². The van der Waals surface area contributed by atoms with E-state index in [1.54, 1.807) is 26.5 Å². The Hall–Kier alpha value is -3.91. The van der Waals surface area contributed by atoms with Gasteiger partial charge in [0.25, 0.3) is 0 Å². The molecule has 2 atom stereocenters. The minimum atomic E-state index is -0.304. The Morgan fingerprint density at radius 2 is 1.85 bits per heavy atom. The third kappa shape index (κ3) is 3.86. The van der Waals surface area contributed by atoms with Crippen LogP contribution in [0.3, 0.4) is 0 Å². The average molecular weight is 475 g/mol. The Kier molecular flexibility index (Phi) is 5.90. The van der Waals surface area contributed by atoms with E-state index in [0.29, 0.717) is 16.6 Å². The molecule has 1 aliphatic heterocycles. The maximum Gasteiger partial charge on any atom is 0.174 e. The van der Waals surface area contributed by atoms with Crippen LogP contribution in [0.15, 0.2) is 85.2 Å². The van der Waals surface area contributed by atoms with Crippen LogP contribution in [0.5, 0.6) is 11.5 Å². The first-order valence-corrected chi connectivity index (χ1v) is 11.2. The second-order valence-corrected chi connectivity index (χ2v) is 8.20. The van der Waals surface area contributed by atoms with Crippen molar-refractivity contribution in [2.75, 3.05) is 19.1 Å². The van der Waals surface area contributed by atoms with Crippen molar-refractivity contribution in [1.29, 1.82) is 0 Å². The number of ether oxygens (including phenoxy) is 2. The van der Waals surface area contributed by atoms with Gasteiger partial charge >= 0.3 is 0 Å². The lowest BCUT2D eigenvalue weighted by atomic mass is 10.0. The van der Waals surface area contributed by atoms with Crippen molar-refractivity contribution in [1.82, 2.24) is 14.9 Å². The van der Waals surface area contributed by atoms with Crippen LogP contribution in [0.2, 0.25) is 0 Å². The van der Waals surface area contributed by atoms with Gasteiger partial charge in [0.15, 0.2) is 5.11 Å². The molecule has 8 heteroatoms. The summed E-state index contributed by atoms with van der Waals surface area (Å²) in [5.74, 6) is 1.03. The summed E-state index contributed by atoms with van der Waals surface area (Å²) < 4.78 is 27.2. The minimum Gasteiger partial charge on any atom is -0.497 e. The molecule has 1 fully saturated rings. The molecular formula is C26H23FN4O2S. The van der Waals surface area contributed by atoms with Crippen molar-refractivity contribution in [2.45, 2.75) is 12.1 Å². The molecule has 0 bridgehead atoms. The van der Waals surface area contributed by atoms with Crippen LogP contribution in [-0.2, 0) is 0 Å². The average Bonchev–Trinajstić information content (AvgIpc) is 3.48. The van der Waals surface area contributed by atoms with Crippen LogP contribution in [-0.4, -0.2) is 28.9 Å². The predicted octanol–water partition coefficient (Wildman–Crippen LogP) is 5.21. The van der Waals surface area contributed by atoms with Gasteiger partial charge in [0.05, 0.1) is 31.6 Å². The predicted molar refractivity (Wildman–Crippen MR) is 133 cm³/mol. The van der Waals surface area contributed by atoms with Gasteiger partial charge in [-0.3, -0.25) is 4.98 Å². The molecule has 0 spiro atoms. The molecule has 34 heavy (non-hydrogen) atoms. The van der Waals surface area contributed by atoms with Crippen molar-refractivity contribution in [2.24, 2.45) is 0 Å². The lowest BCUT2D eigenvalue weighted by Gasteiger charge is -2.30. The number of methoxy groups -OCH3 is 2. The minimum absolute atomic E-state index is 0.258. The largest absolute Gasteiger partial charge is 0.497 e. The molecule has 0 radical (unpaired) electrons. The van der Waals surface area contributed by atoms with Gasteiger partial charge in [-0.1, -0.05) is 12.1 Å². The number of nitrogens with one attached hydrogen (secondary N) is 1. The van der Waals surface area contributed by atoms with Gasteiger partial charge < -0.3 is 24.3 Å². The highest BCUT2D eigenvalue weighted by atomic mass is 32.1. The summed E-state index contributed by atoms with van der Waals surface area (Å²) in [5, 5.41) is 3.97. The second-order valence-electron chi connectivity index (χ2n) is 7.82. The molecule has 1 aliphatic rings. The van der Waals surface area contributed by atoms with Crippen molar-refractivity contribution in [3.63, 3.8) is 0 Å². The summed E-state index contributed by atoms with van der Waals surface area (Å²) in [6.07, 6.45) is 3.68. The van der Waals surface area contributed by atoms with Gasteiger partial charge in [0.2, 0.25) is 0 Å². The number of pyridine rings is 1. The fraction of sp³-hybridized carbons (Fsp3) is 0.154. The number of nitrogens with zero attached hydrogens (tertiary/aromatic N) is 3. The van der Waals surface area contributed by atoms with Gasteiger partial charge in [0, 0.05) is 29.8 Å². The highest BCUT2D eigenvalue weighted by Crippen LogP contribution is 2.46. The standard InChI is InChI=1S/C26H23FN4O2S/c1-32-19-11-12-23(33-2)22(16-19)31-25(24(29-26(31)34)20-9-3-4-13-28-20)21-10-6-14-30(21)18-8-5-7-17(27)15-18/h3-16,24-25H,1-2H3,(H,29,34)/t24-,25+/m0/s1. The lowest BCUT2D eigenvalue weighted by molar-refractivity contribution is 0.402. The highest BCUT2D eigenvalue weighted by molar-refractivity contribution is 7.80. The first-order valence-electron chi connectivity index (χ1n) is 10.8. The Labute approximate surface area is 202 Å². The molecule has 2 aromatic carbocycles. The molecule has 5 rings (SSSR count). The van der Waals surface area contributed by atoms with Gasteiger partial charge in [-0.15, -0.1) is 0 Å². The number of thiocarbonyl (C=S) groups is 1. The number of rotatable bonds is 6. The number of hydrogen-bond acceptors (Lipinski definition) is 4. The molecule has 2 aromatic heterocycles. The third-order valence-corrected chi connectivity index (χ3v) is 6.23. The number of aromatic nitrogens is 2. The van der Waals surface area contributed by atoms with Gasteiger partial charge in [-0.25, -0.2) is 4.39 Å². The first kappa shape index (κ1) is 21.9. The maximum absolute atomic E-state index is 14.1. The van der Waals surface area contributed by atoms with Crippen LogP contribution in [0.1, 0.15) is 23.5 Å². The Morgan fingerprint density at radius 3 is 2.59 bits per heavy atom. The van der Waals surface area contributed by atoms with Crippen LogP contribution < -0.4 is 19.7 Å². The van der Waals surface area contributed by atoms with E-state index >= 15 is 0 Å². The van der Waals surface area contributed by atoms with Crippen LogP contribution in [0.25, 0.3) is 5.69 Å². The molecule has 4 aromatic rings. The van der Waals surface area contributed by atoms with E-state index in [-0.39, 0.29) is 17.9 Å². The van der Waals surface area contributed by atoms with E-state index in [1.807, 2.05) is 70.3 Å². The normalized spacial score (nSPS) is 17.5. The van der Waals surface area contributed by atoms with Crippen LogP contribution in [0.4, 0.5) is 10.1 Å². The summed E-state index contributed by atoms with van der Waals surface area (Å²) in [6, 6.07) is 21.3. The highest BCUT2D eigenvalue weighted by Gasteiger charge is 2.43. The Morgan fingerprint density at radius 1 is 0.971 bits per heavy atom. The summed E-state index contributed by atoms with van der Waals surface area (Å²) in [4.78, 5) is 6.62. The number of hydrogen-bond donors (Lipinski definition) is 1. The monoisotopic (exact) mass is 474 g/mol. The number of anilines is 1. The van der Waals surface area contributed by atoms with E-state index in [2.05, 4.69) is 10.3 Å². The summed E-state index contributed by atoms with van der Waals surface area (Å²) >= 11 is 5.84. The molecule has 0 unspecified atom stereocenters. The SMILES string of the molecule is COc1ccc(OC)c(N2C(=S)N[C@@H](c3ccccn3)[C@H]2c2cccn2-c2cccc(F)c2)c1. The fourth-order valence-corrected chi connectivity index (χ4v) is 4.73. The van der Waals surface area contributed by atoms with E-state index in [4.69, 9.17) is 21.7 Å². The number of halogens is 1. The topological polar surface area (TPSA) is 51.6 Å². The van der Waals surface area contributed by atoms with Gasteiger partial charge in [0.1, 0.15) is 23.4 Å². The van der Waals surface area contributed by atoms with Gasteiger partial charge in [-0.05, 0) is 66.8 Å². The third-order valence-electron chi connectivity index (χ3n) is 5.91. The molecule has 0 aliphatic carbocycles. The molecule has 6 nitrogen and oxygen atoms in total. The molecule has 3 heterocycles.